The second-order valence-electron chi connectivity index (χ2n) is 7.03. The molecule has 160 valence electrons. The molecule has 0 fully saturated rings. The number of ether oxygens (including phenoxy) is 2. The minimum absolute atomic E-state index is 0.113. The zero-order valence-corrected chi connectivity index (χ0v) is 18.4. The molecule has 0 atom stereocenters. The number of anilines is 2. The monoisotopic (exact) mass is 444 g/mol. The molecule has 4 aromatic rings. The highest BCUT2D eigenvalue weighted by Gasteiger charge is 2.08. The van der Waals surface area contributed by atoms with Gasteiger partial charge >= 0.3 is 0 Å². The Labute approximate surface area is 191 Å². The lowest BCUT2D eigenvalue weighted by Crippen LogP contribution is -1.98. The van der Waals surface area contributed by atoms with Gasteiger partial charge < -0.3 is 14.8 Å². The smallest absolute Gasteiger partial charge is 0.185 e. The summed E-state index contributed by atoms with van der Waals surface area (Å²) in [6, 6.07) is 20.3. The van der Waals surface area contributed by atoms with Crippen molar-refractivity contribution in [2.75, 3.05) is 19.5 Å². The number of pyridine rings is 1. The first kappa shape index (κ1) is 21.4. The topological polar surface area (TPSA) is 60.5 Å². The summed E-state index contributed by atoms with van der Waals surface area (Å²) in [5, 5.41) is 4.95. The second-order valence-corrected chi connectivity index (χ2v) is 7.47. The minimum atomic E-state index is -0.113. The molecule has 0 unspecified atom stereocenters. The summed E-state index contributed by atoms with van der Waals surface area (Å²) < 4.78 is 10.6. The maximum atomic E-state index is 12.8. The first-order chi connectivity index (χ1) is 15.6. The molecule has 0 aliphatic heterocycles. The quantitative estimate of drug-likeness (QED) is 0.259. The highest BCUT2D eigenvalue weighted by molar-refractivity contribution is 6.31. The van der Waals surface area contributed by atoms with Crippen LogP contribution in [0.25, 0.3) is 17.0 Å². The van der Waals surface area contributed by atoms with Crippen LogP contribution < -0.4 is 14.8 Å². The van der Waals surface area contributed by atoms with E-state index in [4.69, 9.17) is 21.1 Å². The zero-order chi connectivity index (χ0) is 22.5. The van der Waals surface area contributed by atoms with Crippen molar-refractivity contribution in [2.45, 2.75) is 0 Å². The van der Waals surface area contributed by atoms with E-state index in [-0.39, 0.29) is 5.78 Å². The van der Waals surface area contributed by atoms with Crippen molar-refractivity contribution in [3.63, 3.8) is 0 Å². The molecule has 0 aliphatic rings. The summed E-state index contributed by atoms with van der Waals surface area (Å²) in [4.78, 5) is 17.2. The molecule has 6 heteroatoms. The minimum Gasteiger partial charge on any atom is -0.497 e. The van der Waals surface area contributed by atoms with E-state index in [2.05, 4.69) is 10.3 Å². The molecule has 0 saturated carbocycles. The lowest BCUT2D eigenvalue weighted by molar-refractivity contribution is 0.104. The number of nitrogens with zero attached hydrogens (tertiary/aromatic N) is 1. The van der Waals surface area contributed by atoms with Crippen molar-refractivity contribution in [2.24, 2.45) is 0 Å². The van der Waals surface area contributed by atoms with E-state index in [0.29, 0.717) is 22.1 Å². The highest BCUT2D eigenvalue weighted by Crippen LogP contribution is 2.28. The molecule has 0 radical (unpaired) electrons. The molecule has 0 saturated heterocycles. The first-order valence-corrected chi connectivity index (χ1v) is 10.3. The number of benzene rings is 3. The maximum absolute atomic E-state index is 12.8. The number of aromatic nitrogens is 1. The number of nitrogens with one attached hydrogen (secondary N) is 1. The van der Waals surface area contributed by atoms with Crippen molar-refractivity contribution in [1.82, 2.24) is 4.98 Å². The fraction of sp³-hybridized carbons (Fsp3) is 0.0769. The van der Waals surface area contributed by atoms with Crippen molar-refractivity contribution >= 4 is 45.7 Å². The zero-order valence-electron chi connectivity index (χ0n) is 17.6. The molecular weight excluding hydrogens is 424 g/mol. The maximum Gasteiger partial charge on any atom is 0.185 e. The molecule has 1 heterocycles. The predicted octanol–water partition coefficient (Wildman–Crippen LogP) is 6.55. The van der Waals surface area contributed by atoms with Crippen LogP contribution in [-0.2, 0) is 0 Å². The van der Waals surface area contributed by atoms with Gasteiger partial charge in [0.2, 0.25) is 0 Å². The Kier molecular flexibility index (Phi) is 6.38. The first-order valence-electron chi connectivity index (χ1n) is 9.93. The lowest BCUT2D eigenvalue weighted by Gasteiger charge is -2.10. The van der Waals surface area contributed by atoms with Crippen molar-refractivity contribution in [3.8, 4) is 11.5 Å². The fourth-order valence-electron chi connectivity index (χ4n) is 3.35. The Morgan fingerprint density at radius 3 is 2.69 bits per heavy atom. The largest absolute Gasteiger partial charge is 0.497 e. The number of allylic oxidation sites excluding steroid dienone is 1. The highest BCUT2D eigenvalue weighted by atomic mass is 35.5. The number of rotatable bonds is 7. The molecule has 1 aromatic heterocycles. The number of methoxy groups -OCH3 is 2. The third-order valence-electron chi connectivity index (χ3n) is 4.99. The van der Waals surface area contributed by atoms with Gasteiger partial charge in [-0.2, -0.15) is 0 Å². The number of halogens is 1. The van der Waals surface area contributed by atoms with Crippen LogP contribution in [0.5, 0.6) is 11.5 Å². The molecule has 1 N–H and O–H groups in total. The summed E-state index contributed by atoms with van der Waals surface area (Å²) in [6.45, 7) is 0. The van der Waals surface area contributed by atoms with Crippen LogP contribution in [0.4, 0.5) is 11.4 Å². The summed E-state index contributed by atoms with van der Waals surface area (Å²) in [6.07, 6.45) is 5.00. The van der Waals surface area contributed by atoms with E-state index in [0.717, 1.165) is 27.8 Å². The van der Waals surface area contributed by atoms with Gasteiger partial charge in [0.1, 0.15) is 11.5 Å². The Bertz CT molecular complexity index is 1320. The number of carbonyl (C=O) groups excluding carboxylic acids is 1. The van der Waals surface area contributed by atoms with E-state index < -0.39 is 0 Å². The van der Waals surface area contributed by atoms with Gasteiger partial charge in [0.25, 0.3) is 0 Å². The van der Waals surface area contributed by atoms with Crippen LogP contribution >= 0.6 is 11.6 Å². The van der Waals surface area contributed by atoms with E-state index in [1.54, 1.807) is 38.6 Å². The lowest BCUT2D eigenvalue weighted by atomic mass is 10.1. The number of fused-ring (bicyclic) bond motifs is 1. The predicted molar refractivity (Wildman–Crippen MR) is 129 cm³/mol. The van der Waals surface area contributed by atoms with E-state index >= 15 is 0 Å². The molecule has 0 spiro atoms. The third kappa shape index (κ3) is 4.74. The van der Waals surface area contributed by atoms with Gasteiger partial charge in [-0.15, -0.1) is 0 Å². The molecule has 0 aliphatic carbocycles. The van der Waals surface area contributed by atoms with Crippen LogP contribution in [0.15, 0.2) is 79.0 Å². The average Bonchev–Trinajstić information content (AvgIpc) is 2.82. The van der Waals surface area contributed by atoms with Gasteiger partial charge in [-0.25, -0.2) is 0 Å². The van der Waals surface area contributed by atoms with Crippen molar-refractivity contribution in [1.29, 1.82) is 0 Å². The number of carbonyl (C=O) groups is 1. The van der Waals surface area contributed by atoms with Gasteiger partial charge in [-0.3, -0.25) is 9.78 Å². The number of ketones is 1. The molecular formula is C26H21ClN2O3. The summed E-state index contributed by atoms with van der Waals surface area (Å²) in [5.41, 5.74) is 3.84. The molecule has 32 heavy (non-hydrogen) atoms. The Morgan fingerprint density at radius 1 is 1.00 bits per heavy atom. The van der Waals surface area contributed by atoms with Crippen LogP contribution in [0.1, 0.15) is 15.9 Å². The second kappa shape index (κ2) is 9.54. The molecule has 0 bridgehead atoms. The van der Waals surface area contributed by atoms with Crippen molar-refractivity contribution in [3.05, 3.63) is 95.2 Å². The summed E-state index contributed by atoms with van der Waals surface area (Å²) in [7, 11) is 3.18. The van der Waals surface area contributed by atoms with Gasteiger partial charge in [-0.05, 0) is 60.7 Å². The fourth-order valence-corrected chi connectivity index (χ4v) is 3.52. The Balaban J connectivity index is 1.56. The van der Waals surface area contributed by atoms with Crippen LogP contribution in [0.2, 0.25) is 5.02 Å². The summed E-state index contributed by atoms with van der Waals surface area (Å²) in [5.74, 6) is 1.21. The van der Waals surface area contributed by atoms with E-state index in [1.165, 1.54) is 6.08 Å². The molecule has 0 amide bonds. The van der Waals surface area contributed by atoms with Crippen LogP contribution in [0.3, 0.4) is 0 Å². The Hall–Kier alpha value is -3.83. The molecule has 5 nitrogen and oxygen atoms in total. The van der Waals surface area contributed by atoms with Crippen molar-refractivity contribution < 1.29 is 14.3 Å². The van der Waals surface area contributed by atoms with Gasteiger partial charge in [0.15, 0.2) is 5.78 Å². The normalized spacial score (nSPS) is 11.0. The van der Waals surface area contributed by atoms with Gasteiger partial charge in [0.05, 0.1) is 19.7 Å². The molecule has 4 rings (SSSR count). The van der Waals surface area contributed by atoms with E-state index in [9.17, 15) is 4.79 Å². The van der Waals surface area contributed by atoms with E-state index in [1.807, 2.05) is 54.6 Å². The Morgan fingerprint density at radius 2 is 1.88 bits per heavy atom. The van der Waals surface area contributed by atoms with Crippen LogP contribution in [-0.4, -0.2) is 25.0 Å². The number of hydrogen-bond donors (Lipinski definition) is 1. The SMILES string of the molecule is COc1ccc(/C=C/C(=O)c2cccc(Nc3ccnc4cc(Cl)ccc34)c2)c(OC)c1. The van der Waals surface area contributed by atoms with Crippen LogP contribution in [0, 0.1) is 0 Å². The number of hydrogen-bond acceptors (Lipinski definition) is 5. The van der Waals surface area contributed by atoms with Gasteiger partial charge in [-0.1, -0.05) is 23.7 Å². The summed E-state index contributed by atoms with van der Waals surface area (Å²) >= 11 is 6.08. The third-order valence-corrected chi connectivity index (χ3v) is 5.22. The average molecular weight is 445 g/mol. The standard InChI is InChI=1S/C26H21ClN2O3/c1-31-21-9-6-17(26(16-21)32-2)7-11-25(30)18-4-3-5-20(14-18)29-23-12-13-28-24-15-19(27)8-10-22(23)24/h3-16H,1-2H3,(H,28,29)/b11-7+. The van der Waals surface area contributed by atoms with Gasteiger partial charge in [0, 0.05) is 45.2 Å². The molecule has 3 aromatic carbocycles.